The molecule has 3 nitrogen and oxygen atoms in total. The van der Waals surface area contributed by atoms with Crippen molar-refractivity contribution in [1.82, 2.24) is 4.98 Å². The zero-order chi connectivity index (χ0) is 13.0. The maximum atomic E-state index is 9.03. The molecular formula is C14H12ClN3. The third-order valence-corrected chi connectivity index (χ3v) is 2.90. The summed E-state index contributed by atoms with van der Waals surface area (Å²) in [6.07, 6.45) is 1.76. The van der Waals surface area contributed by atoms with E-state index in [1.54, 1.807) is 24.4 Å². The first-order valence-corrected chi connectivity index (χ1v) is 5.92. The Hall–Kier alpha value is -2.05. The predicted molar refractivity (Wildman–Crippen MR) is 72.5 cm³/mol. The van der Waals surface area contributed by atoms with Gasteiger partial charge in [0.2, 0.25) is 0 Å². The number of halogens is 1. The third-order valence-electron chi connectivity index (χ3n) is 2.67. The van der Waals surface area contributed by atoms with Gasteiger partial charge in [0.25, 0.3) is 0 Å². The Labute approximate surface area is 111 Å². The van der Waals surface area contributed by atoms with Gasteiger partial charge >= 0.3 is 0 Å². The second kappa shape index (κ2) is 5.52. The van der Waals surface area contributed by atoms with Gasteiger partial charge in [0.1, 0.15) is 6.07 Å². The van der Waals surface area contributed by atoms with Crippen LogP contribution in [0.5, 0.6) is 0 Å². The average molecular weight is 258 g/mol. The fourth-order valence-corrected chi connectivity index (χ4v) is 1.82. The first-order chi connectivity index (χ1) is 8.70. The Morgan fingerprint density at radius 2 is 2.22 bits per heavy atom. The van der Waals surface area contributed by atoms with Crippen LogP contribution in [0.1, 0.15) is 16.8 Å². The normalized spacial score (nSPS) is 9.83. The van der Waals surface area contributed by atoms with Crippen molar-refractivity contribution in [3.8, 4) is 6.07 Å². The van der Waals surface area contributed by atoms with E-state index in [1.165, 1.54) is 0 Å². The lowest BCUT2D eigenvalue weighted by molar-refractivity contribution is 1.02. The predicted octanol–water partition coefficient (Wildman–Crippen LogP) is 3.53. The Bertz CT molecular complexity index is 602. The minimum atomic E-state index is 0.538. The number of nitrogens with zero attached hydrogens (tertiary/aromatic N) is 2. The standard InChI is InChI=1S/C14H12ClN3/c1-10-3-2-6-17-14(10)9-18-13-5-4-12(15)7-11(13)8-16/h2-7,18H,9H2,1H3. The van der Waals surface area contributed by atoms with Crippen LogP contribution in [0.4, 0.5) is 5.69 Å². The number of pyridine rings is 1. The van der Waals surface area contributed by atoms with E-state index in [1.807, 2.05) is 19.1 Å². The van der Waals surface area contributed by atoms with Crippen molar-refractivity contribution in [2.24, 2.45) is 0 Å². The van der Waals surface area contributed by atoms with E-state index in [-0.39, 0.29) is 0 Å². The van der Waals surface area contributed by atoms with Gasteiger partial charge in [-0.25, -0.2) is 0 Å². The summed E-state index contributed by atoms with van der Waals surface area (Å²) in [4.78, 5) is 4.29. The maximum absolute atomic E-state index is 9.03. The number of nitriles is 1. The lowest BCUT2D eigenvalue weighted by Crippen LogP contribution is -2.04. The largest absolute Gasteiger partial charge is 0.378 e. The summed E-state index contributed by atoms with van der Waals surface area (Å²) in [6, 6.07) is 11.2. The first-order valence-electron chi connectivity index (χ1n) is 5.54. The summed E-state index contributed by atoms with van der Waals surface area (Å²) in [5.74, 6) is 0. The van der Waals surface area contributed by atoms with E-state index in [0.29, 0.717) is 17.1 Å². The van der Waals surface area contributed by atoms with E-state index in [0.717, 1.165) is 16.9 Å². The Balaban J connectivity index is 2.16. The molecule has 4 heteroatoms. The number of aryl methyl sites for hydroxylation is 1. The number of hydrogen-bond donors (Lipinski definition) is 1. The highest BCUT2D eigenvalue weighted by Crippen LogP contribution is 2.20. The molecule has 0 aliphatic rings. The molecule has 90 valence electrons. The molecule has 1 heterocycles. The highest BCUT2D eigenvalue weighted by molar-refractivity contribution is 6.30. The number of benzene rings is 1. The molecule has 18 heavy (non-hydrogen) atoms. The maximum Gasteiger partial charge on any atom is 0.101 e. The van der Waals surface area contributed by atoms with Crippen LogP contribution >= 0.6 is 11.6 Å². The molecule has 0 unspecified atom stereocenters. The molecule has 0 saturated carbocycles. The van der Waals surface area contributed by atoms with Crippen molar-refractivity contribution in [3.63, 3.8) is 0 Å². The van der Waals surface area contributed by atoms with Crippen LogP contribution in [0.2, 0.25) is 5.02 Å². The van der Waals surface area contributed by atoms with Gasteiger partial charge in [0.15, 0.2) is 0 Å². The van der Waals surface area contributed by atoms with Crippen LogP contribution in [0.25, 0.3) is 0 Å². The number of nitrogens with one attached hydrogen (secondary N) is 1. The van der Waals surface area contributed by atoms with E-state index >= 15 is 0 Å². The molecule has 0 spiro atoms. The molecule has 0 aliphatic heterocycles. The van der Waals surface area contributed by atoms with Gasteiger partial charge in [-0.05, 0) is 36.8 Å². The molecule has 0 bridgehead atoms. The van der Waals surface area contributed by atoms with Crippen molar-refractivity contribution < 1.29 is 0 Å². The Morgan fingerprint density at radius 3 is 2.94 bits per heavy atom. The van der Waals surface area contributed by atoms with Crippen LogP contribution in [0.15, 0.2) is 36.5 Å². The lowest BCUT2D eigenvalue weighted by atomic mass is 10.1. The van der Waals surface area contributed by atoms with Crippen LogP contribution in [-0.4, -0.2) is 4.98 Å². The average Bonchev–Trinajstić information content (AvgIpc) is 2.39. The Morgan fingerprint density at radius 1 is 1.39 bits per heavy atom. The van der Waals surface area contributed by atoms with Gasteiger partial charge in [0, 0.05) is 11.2 Å². The molecule has 1 aromatic carbocycles. The molecule has 0 saturated heterocycles. The van der Waals surface area contributed by atoms with E-state index < -0.39 is 0 Å². The SMILES string of the molecule is Cc1cccnc1CNc1ccc(Cl)cc1C#N. The minimum absolute atomic E-state index is 0.538. The number of rotatable bonds is 3. The topological polar surface area (TPSA) is 48.7 Å². The van der Waals surface area contributed by atoms with Gasteiger partial charge in [-0.3, -0.25) is 4.98 Å². The summed E-state index contributed by atoms with van der Waals surface area (Å²) in [5, 5.41) is 12.8. The summed E-state index contributed by atoms with van der Waals surface area (Å²) >= 11 is 5.85. The zero-order valence-electron chi connectivity index (χ0n) is 9.94. The molecule has 0 atom stereocenters. The number of aromatic nitrogens is 1. The van der Waals surface area contributed by atoms with Crippen molar-refractivity contribution in [3.05, 3.63) is 58.4 Å². The van der Waals surface area contributed by atoms with Gasteiger partial charge in [0.05, 0.1) is 23.5 Å². The minimum Gasteiger partial charge on any atom is -0.378 e. The van der Waals surface area contributed by atoms with Crippen LogP contribution in [0.3, 0.4) is 0 Å². The van der Waals surface area contributed by atoms with Crippen molar-refractivity contribution >= 4 is 17.3 Å². The van der Waals surface area contributed by atoms with Crippen LogP contribution < -0.4 is 5.32 Å². The zero-order valence-corrected chi connectivity index (χ0v) is 10.7. The molecule has 2 aromatic rings. The fraction of sp³-hybridized carbons (Fsp3) is 0.143. The summed E-state index contributed by atoms with van der Waals surface area (Å²) in [5.41, 5.74) is 3.40. The van der Waals surface area contributed by atoms with Crippen LogP contribution in [0, 0.1) is 18.3 Å². The second-order valence-electron chi connectivity index (χ2n) is 3.92. The molecule has 0 aliphatic carbocycles. The van der Waals surface area contributed by atoms with Crippen molar-refractivity contribution in [2.45, 2.75) is 13.5 Å². The summed E-state index contributed by atoms with van der Waals surface area (Å²) < 4.78 is 0. The molecular weight excluding hydrogens is 246 g/mol. The van der Waals surface area contributed by atoms with Gasteiger partial charge < -0.3 is 5.32 Å². The number of anilines is 1. The second-order valence-corrected chi connectivity index (χ2v) is 4.36. The fourth-order valence-electron chi connectivity index (χ4n) is 1.65. The van der Waals surface area contributed by atoms with Crippen LogP contribution in [-0.2, 0) is 6.54 Å². The Kier molecular flexibility index (Phi) is 3.81. The quantitative estimate of drug-likeness (QED) is 0.915. The molecule has 2 rings (SSSR count). The molecule has 0 fully saturated rings. The molecule has 0 radical (unpaired) electrons. The van der Waals surface area contributed by atoms with E-state index in [4.69, 9.17) is 16.9 Å². The van der Waals surface area contributed by atoms with Crippen molar-refractivity contribution in [2.75, 3.05) is 5.32 Å². The molecule has 0 amide bonds. The van der Waals surface area contributed by atoms with Crippen molar-refractivity contribution in [1.29, 1.82) is 5.26 Å². The third kappa shape index (κ3) is 2.79. The van der Waals surface area contributed by atoms with Gasteiger partial charge in [-0.1, -0.05) is 17.7 Å². The lowest BCUT2D eigenvalue weighted by Gasteiger charge is -2.09. The molecule has 1 N–H and O–H groups in total. The highest BCUT2D eigenvalue weighted by atomic mass is 35.5. The van der Waals surface area contributed by atoms with Gasteiger partial charge in [-0.2, -0.15) is 5.26 Å². The van der Waals surface area contributed by atoms with E-state index in [2.05, 4.69) is 16.4 Å². The van der Waals surface area contributed by atoms with Gasteiger partial charge in [-0.15, -0.1) is 0 Å². The first kappa shape index (κ1) is 12.4. The molecule has 1 aromatic heterocycles. The smallest absolute Gasteiger partial charge is 0.101 e. The highest BCUT2D eigenvalue weighted by Gasteiger charge is 2.04. The summed E-state index contributed by atoms with van der Waals surface area (Å²) in [7, 11) is 0. The monoisotopic (exact) mass is 257 g/mol. The summed E-state index contributed by atoms with van der Waals surface area (Å²) in [6.45, 7) is 2.60. The van der Waals surface area contributed by atoms with E-state index in [9.17, 15) is 0 Å². The number of hydrogen-bond acceptors (Lipinski definition) is 3.